The lowest BCUT2D eigenvalue weighted by Crippen LogP contribution is -2.42. The minimum Gasteiger partial charge on any atom is -0.431 e. The van der Waals surface area contributed by atoms with Gasteiger partial charge in [-0.3, -0.25) is 0 Å². The van der Waals surface area contributed by atoms with Crippen molar-refractivity contribution in [2.24, 2.45) is 0 Å². The molecular weight excluding hydrogens is 424 g/mol. The molecule has 34 heavy (non-hydrogen) atoms. The van der Waals surface area contributed by atoms with Gasteiger partial charge in [-0.05, 0) is 103 Å². The van der Waals surface area contributed by atoms with Crippen LogP contribution in [0.1, 0.15) is 130 Å². The minimum atomic E-state index is -0.422. The largest absolute Gasteiger partial charge is 0.508 e. The van der Waals surface area contributed by atoms with Gasteiger partial charge in [0.15, 0.2) is 0 Å². The summed E-state index contributed by atoms with van der Waals surface area (Å²) in [5.41, 5.74) is 0. The van der Waals surface area contributed by atoms with Crippen molar-refractivity contribution in [2.75, 3.05) is 26.2 Å². The monoisotopic (exact) mass is 480 g/mol. The summed E-state index contributed by atoms with van der Waals surface area (Å²) >= 11 is 0. The molecule has 5 nitrogen and oxygen atoms in total. The summed E-state index contributed by atoms with van der Waals surface area (Å²) in [7, 11) is 0. The second kappa shape index (κ2) is 17.6. The molecule has 0 bridgehead atoms. The van der Waals surface area contributed by atoms with E-state index in [0.717, 1.165) is 51.4 Å². The van der Waals surface area contributed by atoms with Crippen molar-refractivity contribution in [1.29, 1.82) is 0 Å². The van der Waals surface area contributed by atoms with Gasteiger partial charge in [-0.2, -0.15) is 0 Å². The second-order valence-corrected chi connectivity index (χ2v) is 10.8. The summed E-state index contributed by atoms with van der Waals surface area (Å²) in [5.74, 6) is 0. The van der Waals surface area contributed by atoms with Crippen LogP contribution in [-0.4, -0.2) is 66.4 Å². The van der Waals surface area contributed by atoms with Gasteiger partial charge in [0.2, 0.25) is 0 Å². The molecule has 0 aromatic rings. The highest BCUT2D eigenvalue weighted by atomic mass is 16.7. The van der Waals surface area contributed by atoms with Gasteiger partial charge in [-0.15, -0.1) is 0 Å². The molecule has 0 atom stereocenters. The third-order valence-electron chi connectivity index (χ3n) is 8.04. The lowest BCUT2D eigenvalue weighted by Gasteiger charge is -2.37. The number of hydrogen-bond acceptors (Lipinski definition) is 5. The molecule has 0 N–H and O–H groups in total. The van der Waals surface area contributed by atoms with Crippen molar-refractivity contribution in [2.45, 2.75) is 155 Å². The molecule has 2 aliphatic carbocycles. The Balaban J connectivity index is 1.68. The summed E-state index contributed by atoms with van der Waals surface area (Å²) in [4.78, 5) is 17.9. The Hall–Kier alpha value is -0.810. The van der Waals surface area contributed by atoms with E-state index in [0.29, 0.717) is 12.1 Å². The highest BCUT2D eigenvalue weighted by Crippen LogP contribution is 2.29. The average Bonchev–Trinajstić information content (AvgIpc) is 2.85. The molecule has 0 saturated heterocycles. The maximum Gasteiger partial charge on any atom is 0.508 e. The van der Waals surface area contributed by atoms with Crippen molar-refractivity contribution < 1.29 is 14.3 Å². The summed E-state index contributed by atoms with van der Waals surface area (Å²) in [6.07, 6.45) is 18.3. The fourth-order valence-electron chi connectivity index (χ4n) is 5.76. The zero-order valence-corrected chi connectivity index (χ0v) is 23.1. The lowest BCUT2D eigenvalue weighted by molar-refractivity contribution is -0.0317. The van der Waals surface area contributed by atoms with Gasteiger partial charge in [-0.25, -0.2) is 4.79 Å². The van der Waals surface area contributed by atoms with E-state index in [1.54, 1.807) is 0 Å². The third kappa shape index (κ3) is 10.8. The van der Waals surface area contributed by atoms with Crippen LogP contribution in [0.3, 0.4) is 0 Å². The Labute approximate surface area is 211 Å². The first kappa shape index (κ1) is 29.4. The maximum atomic E-state index is 12.5. The molecule has 2 aliphatic rings. The molecule has 5 heteroatoms. The molecule has 0 aliphatic heterocycles. The molecule has 2 saturated carbocycles. The van der Waals surface area contributed by atoms with Crippen molar-refractivity contribution in [1.82, 2.24) is 9.80 Å². The minimum absolute atomic E-state index is 0.0397. The quantitative estimate of drug-likeness (QED) is 0.213. The van der Waals surface area contributed by atoms with Crippen molar-refractivity contribution >= 4 is 6.16 Å². The first-order valence-corrected chi connectivity index (χ1v) is 15.0. The van der Waals surface area contributed by atoms with E-state index in [2.05, 4.69) is 37.5 Å². The fourth-order valence-corrected chi connectivity index (χ4v) is 5.76. The zero-order valence-electron chi connectivity index (χ0n) is 23.1. The second-order valence-electron chi connectivity index (χ2n) is 10.8. The van der Waals surface area contributed by atoms with Gasteiger partial charge < -0.3 is 19.3 Å². The van der Waals surface area contributed by atoms with Crippen LogP contribution in [0.15, 0.2) is 0 Å². The van der Waals surface area contributed by atoms with Gasteiger partial charge in [-0.1, -0.05) is 53.4 Å². The maximum absolute atomic E-state index is 12.5. The summed E-state index contributed by atoms with van der Waals surface area (Å²) in [5, 5.41) is 0. The van der Waals surface area contributed by atoms with Crippen molar-refractivity contribution in [3.8, 4) is 0 Å². The number of unbranched alkanes of at least 4 members (excludes halogenated alkanes) is 4. The van der Waals surface area contributed by atoms with E-state index in [1.165, 1.54) is 77.5 Å². The van der Waals surface area contributed by atoms with E-state index in [1.807, 2.05) is 0 Å². The molecule has 200 valence electrons. The Morgan fingerprint density at radius 1 is 0.559 bits per heavy atom. The van der Waals surface area contributed by atoms with Crippen LogP contribution in [-0.2, 0) is 9.47 Å². The van der Waals surface area contributed by atoms with E-state index in [9.17, 15) is 4.79 Å². The Morgan fingerprint density at radius 2 is 0.853 bits per heavy atom. The number of hydrogen-bond donors (Lipinski definition) is 0. The van der Waals surface area contributed by atoms with Crippen LogP contribution >= 0.6 is 0 Å². The van der Waals surface area contributed by atoms with Crippen LogP contribution in [0.25, 0.3) is 0 Å². The highest BCUT2D eigenvalue weighted by molar-refractivity contribution is 5.60. The standard InChI is InChI=1S/C29H56N2O3/c1-5-9-21-30(22-10-6-2)25-13-17-27(18-14-25)33-29(32)34-28-19-15-26(16-20-28)31(23-11-7-3)24-12-8-4/h25-28H,5-24H2,1-4H3. The van der Waals surface area contributed by atoms with Gasteiger partial charge in [0.05, 0.1) is 0 Å². The molecule has 2 fully saturated rings. The summed E-state index contributed by atoms with van der Waals surface area (Å²) in [6.45, 7) is 14.0. The lowest BCUT2D eigenvalue weighted by atomic mass is 9.91. The third-order valence-corrected chi connectivity index (χ3v) is 8.04. The van der Waals surface area contributed by atoms with E-state index in [4.69, 9.17) is 9.47 Å². The Bertz CT molecular complexity index is 454. The summed E-state index contributed by atoms with van der Waals surface area (Å²) < 4.78 is 11.5. The Kier molecular flexibility index (Phi) is 15.2. The normalized spacial score (nSPS) is 25.6. The predicted molar refractivity (Wildman–Crippen MR) is 142 cm³/mol. The van der Waals surface area contributed by atoms with Gasteiger partial charge in [0.25, 0.3) is 0 Å². The van der Waals surface area contributed by atoms with Crippen LogP contribution in [0, 0.1) is 0 Å². The first-order valence-electron chi connectivity index (χ1n) is 15.0. The number of ether oxygens (including phenoxy) is 2. The first-order chi connectivity index (χ1) is 16.6. The molecule has 0 radical (unpaired) electrons. The topological polar surface area (TPSA) is 42.0 Å². The van der Waals surface area contributed by atoms with E-state index < -0.39 is 6.16 Å². The smallest absolute Gasteiger partial charge is 0.431 e. The molecule has 0 unspecified atom stereocenters. The molecule has 0 aromatic carbocycles. The van der Waals surface area contributed by atoms with Crippen molar-refractivity contribution in [3.63, 3.8) is 0 Å². The molecule has 0 amide bonds. The number of carbonyl (C=O) groups excluding carboxylic acids is 1. The van der Waals surface area contributed by atoms with Gasteiger partial charge >= 0.3 is 6.16 Å². The van der Waals surface area contributed by atoms with E-state index in [-0.39, 0.29) is 12.2 Å². The number of rotatable bonds is 16. The number of nitrogens with zero attached hydrogens (tertiary/aromatic N) is 2. The van der Waals surface area contributed by atoms with Crippen molar-refractivity contribution in [3.05, 3.63) is 0 Å². The molecule has 2 rings (SSSR count). The van der Waals surface area contributed by atoms with Crippen LogP contribution in [0.2, 0.25) is 0 Å². The molecule has 0 aromatic heterocycles. The Morgan fingerprint density at radius 3 is 1.12 bits per heavy atom. The van der Waals surface area contributed by atoms with Crippen LogP contribution < -0.4 is 0 Å². The SMILES string of the molecule is CCCCN(CCCC)C1CCC(OC(=O)OC2CCC(N(CCCC)CCCC)CC2)CC1. The molecular formula is C29H56N2O3. The molecule has 0 heterocycles. The van der Waals surface area contributed by atoms with Gasteiger partial charge in [0, 0.05) is 12.1 Å². The van der Waals surface area contributed by atoms with Crippen LogP contribution in [0.4, 0.5) is 4.79 Å². The van der Waals surface area contributed by atoms with Gasteiger partial charge in [0.1, 0.15) is 12.2 Å². The highest BCUT2D eigenvalue weighted by Gasteiger charge is 2.31. The molecule has 0 spiro atoms. The average molecular weight is 481 g/mol. The number of carbonyl (C=O) groups is 1. The fraction of sp³-hybridized carbons (Fsp3) is 0.966. The van der Waals surface area contributed by atoms with Crippen LogP contribution in [0.5, 0.6) is 0 Å². The predicted octanol–water partition coefficient (Wildman–Crippen LogP) is 7.57. The van der Waals surface area contributed by atoms with E-state index >= 15 is 0 Å². The summed E-state index contributed by atoms with van der Waals surface area (Å²) in [6, 6.07) is 1.32. The zero-order chi connectivity index (χ0) is 24.6.